The van der Waals surface area contributed by atoms with Gasteiger partial charge in [0.1, 0.15) is 11.5 Å². The Morgan fingerprint density at radius 2 is 1.21 bits per heavy atom. The Balaban J connectivity index is 2.00. The fourth-order valence-corrected chi connectivity index (χ4v) is 1.62. The van der Waals surface area contributed by atoms with Gasteiger partial charge in [0.05, 0.1) is 0 Å². The molecule has 0 unspecified atom stereocenters. The predicted molar refractivity (Wildman–Crippen MR) is 73.2 cm³/mol. The van der Waals surface area contributed by atoms with Crippen molar-refractivity contribution in [3.63, 3.8) is 0 Å². The Morgan fingerprint density at radius 3 is 1.63 bits per heavy atom. The summed E-state index contributed by atoms with van der Waals surface area (Å²) < 4.78 is 10.2. The highest BCUT2D eigenvalue weighted by molar-refractivity contribution is 6.31. The van der Waals surface area contributed by atoms with E-state index < -0.39 is 0 Å². The number of halogens is 2. The van der Waals surface area contributed by atoms with Crippen LogP contribution in [0.3, 0.4) is 0 Å². The molecule has 0 spiro atoms. The molecule has 0 saturated heterocycles. The zero-order chi connectivity index (χ0) is 13.8. The van der Waals surface area contributed by atoms with Crippen molar-refractivity contribution in [1.82, 2.24) is 0 Å². The van der Waals surface area contributed by atoms with E-state index in [1.54, 1.807) is 0 Å². The molecule has 2 aromatic rings. The van der Waals surface area contributed by atoms with E-state index in [4.69, 9.17) is 32.5 Å². The number of aromatic hydroxyl groups is 2. The zero-order valence-corrected chi connectivity index (χ0v) is 11.0. The number of phenols is 2. The van der Waals surface area contributed by atoms with Gasteiger partial charge in [0.2, 0.25) is 0 Å². The molecule has 0 fully saturated rings. The SMILES string of the molecule is Oc1ccc(Cl)cc1O[B]Oc1cc(Cl)ccc1O. The van der Waals surface area contributed by atoms with Crippen LogP contribution in [0, 0.1) is 0 Å². The molecular formula is C12H8BCl2O4. The van der Waals surface area contributed by atoms with Gasteiger partial charge in [-0.2, -0.15) is 0 Å². The summed E-state index contributed by atoms with van der Waals surface area (Å²) in [4.78, 5) is 0. The molecule has 97 valence electrons. The first-order valence-corrected chi connectivity index (χ1v) is 5.94. The first-order chi connectivity index (χ1) is 9.06. The van der Waals surface area contributed by atoms with Gasteiger partial charge in [-0.25, -0.2) is 0 Å². The number of rotatable bonds is 4. The van der Waals surface area contributed by atoms with E-state index in [1.165, 1.54) is 36.4 Å². The maximum absolute atomic E-state index is 9.50. The van der Waals surface area contributed by atoms with Gasteiger partial charge in [-0.15, -0.1) is 0 Å². The third kappa shape index (κ3) is 3.62. The number of hydrogen-bond acceptors (Lipinski definition) is 4. The lowest BCUT2D eigenvalue weighted by Gasteiger charge is -2.09. The fourth-order valence-electron chi connectivity index (χ4n) is 1.29. The van der Waals surface area contributed by atoms with E-state index in [2.05, 4.69) is 0 Å². The molecule has 0 aliphatic rings. The molecule has 19 heavy (non-hydrogen) atoms. The summed E-state index contributed by atoms with van der Waals surface area (Å²) in [7, 11) is 0.955. The molecule has 0 aliphatic heterocycles. The van der Waals surface area contributed by atoms with Crippen molar-refractivity contribution >= 4 is 30.9 Å². The van der Waals surface area contributed by atoms with Gasteiger partial charge in [0.15, 0.2) is 11.5 Å². The lowest BCUT2D eigenvalue weighted by molar-refractivity contribution is 0.397. The summed E-state index contributed by atoms with van der Waals surface area (Å²) in [5.41, 5.74) is 0. The van der Waals surface area contributed by atoms with Gasteiger partial charge < -0.3 is 19.5 Å². The van der Waals surface area contributed by atoms with Gasteiger partial charge in [0.25, 0.3) is 0 Å². The van der Waals surface area contributed by atoms with Gasteiger partial charge in [-0.3, -0.25) is 0 Å². The minimum Gasteiger partial charge on any atom is -0.524 e. The summed E-state index contributed by atoms with van der Waals surface area (Å²) in [5, 5.41) is 19.8. The van der Waals surface area contributed by atoms with Crippen molar-refractivity contribution in [2.45, 2.75) is 0 Å². The zero-order valence-electron chi connectivity index (χ0n) is 9.51. The third-order valence-electron chi connectivity index (χ3n) is 2.19. The highest BCUT2D eigenvalue weighted by Crippen LogP contribution is 2.30. The second-order valence-electron chi connectivity index (χ2n) is 3.56. The summed E-state index contributed by atoms with van der Waals surface area (Å²) >= 11 is 11.5. The molecule has 0 atom stereocenters. The third-order valence-corrected chi connectivity index (χ3v) is 2.66. The molecule has 2 N–H and O–H groups in total. The first kappa shape index (κ1) is 13.7. The van der Waals surface area contributed by atoms with Crippen LogP contribution in [0.25, 0.3) is 0 Å². The summed E-state index contributed by atoms with van der Waals surface area (Å²) in [6.45, 7) is 0. The number of benzene rings is 2. The van der Waals surface area contributed by atoms with E-state index in [0.29, 0.717) is 10.0 Å². The Labute approximate surface area is 120 Å². The minimum atomic E-state index is -0.0837. The average Bonchev–Trinajstić information content (AvgIpc) is 2.38. The first-order valence-electron chi connectivity index (χ1n) is 5.18. The topological polar surface area (TPSA) is 58.9 Å². The molecule has 2 aromatic carbocycles. The molecule has 1 radical (unpaired) electrons. The second kappa shape index (κ2) is 5.95. The van der Waals surface area contributed by atoms with Crippen LogP contribution in [-0.2, 0) is 0 Å². The van der Waals surface area contributed by atoms with Crippen LogP contribution < -0.4 is 9.31 Å². The molecule has 2 rings (SSSR count). The van der Waals surface area contributed by atoms with Crippen LogP contribution >= 0.6 is 23.2 Å². The predicted octanol–water partition coefficient (Wildman–Crippen LogP) is 3.40. The van der Waals surface area contributed by atoms with Crippen LogP contribution in [-0.4, -0.2) is 17.9 Å². The molecular weight excluding hydrogens is 290 g/mol. The maximum Gasteiger partial charge on any atom is 0.658 e. The second-order valence-corrected chi connectivity index (χ2v) is 4.43. The lowest BCUT2D eigenvalue weighted by atomic mass is 10.2. The van der Waals surface area contributed by atoms with Crippen molar-refractivity contribution in [2.75, 3.05) is 0 Å². The largest absolute Gasteiger partial charge is 0.658 e. The van der Waals surface area contributed by atoms with Crippen LogP contribution in [0.15, 0.2) is 36.4 Å². The summed E-state index contributed by atoms with van der Waals surface area (Å²) in [5.74, 6) is 0.0992. The molecule has 0 saturated carbocycles. The average molecular weight is 298 g/mol. The Bertz CT molecular complexity index is 540. The quantitative estimate of drug-likeness (QED) is 0.849. The van der Waals surface area contributed by atoms with Crippen molar-refractivity contribution in [3.8, 4) is 23.0 Å². The van der Waals surface area contributed by atoms with Crippen molar-refractivity contribution in [1.29, 1.82) is 0 Å². The summed E-state index contributed by atoms with van der Waals surface area (Å²) in [6.07, 6.45) is 0. The molecule has 0 aromatic heterocycles. The number of hydrogen-bond donors (Lipinski definition) is 2. The highest BCUT2D eigenvalue weighted by atomic mass is 35.5. The van der Waals surface area contributed by atoms with Gasteiger partial charge in [-0.1, -0.05) is 23.2 Å². The normalized spacial score (nSPS) is 10.0. The Hall–Kier alpha value is -1.72. The fraction of sp³-hybridized carbons (Fsp3) is 0. The van der Waals surface area contributed by atoms with E-state index in [9.17, 15) is 10.2 Å². The minimum absolute atomic E-state index is 0.0837. The molecule has 0 heterocycles. The maximum atomic E-state index is 9.50. The van der Waals surface area contributed by atoms with E-state index in [1.807, 2.05) is 0 Å². The lowest BCUT2D eigenvalue weighted by Crippen LogP contribution is -2.11. The standard InChI is InChI=1S/C12H8BCl2O4/c14-7-1-3-9(16)11(5-7)18-13-19-12-6-8(15)2-4-10(12)17/h1-6,16-17H. The molecule has 4 nitrogen and oxygen atoms in total. The molecule has 7 heteroatoms. The van der Waals surface area contributed by atoms with Gasteiger partial charge in [-0.05, 0) is 24.3 Å². The van der Waals surface area contributed by atoms with Crippen LogP contribution in [0.5, 0.6) is 23.0 Å². The molecule has 0 aliphatic carbocycles. The van der Waals surface area contributed by atoms with Gasteiger partial charge in [0, 0.05) is 22.2 Å². The molecule has 0 amide bonds. The van der Waals surface area contributed by atoms with Crippen molar-refractivity contribution < 1.29 is 19.5 Å². The van der Waals surface area contributed by atoms with Crippen molar-refractivity contribution in [2.24, 2.45) is 0 Å². The number of phenolic OH excluding ortho intramolecular Hbond substituents is 2. The summed E-state index contributed by atoms with van der Waals surface area (Å²) in [6, 6.07) is 8.68. The van der Waals surface area contributed by atoms with Crippen LogP contribution in [0.4, 0.5) is 0 Å². The Kier molecular flexibility index (Phi) is 4.29. The highest BCUT2D eigenvalue weighted by Gasteiger charge is 2.09. The Morgan fingerprint density at radius 1 is 0.789 bits per heavy atom. The monoisotopic (exact) mass is 297 g/mol. The molecule has 0 bridgehead atoms. The van der Waals surface area contributed by atoms with E-state index >= 15 is 0 Å². The smallest absolute Gasteiger partial charge is 0.524 e. The van der Waals surface area contributed by atoms with Crippen LogP contribution in [0.2, 0.25) is 10.0 Å². The van der Waals surface area contributed by atoms with Crippen LogP contribution in [0.1, 0.15) is 0 Å². The van der Waals surface area contributed by atoms with Gasteiger partial charge >= 0.3 is 7.69 Å². The van der Waals surface area contributed by atoms with Crippen molar-refractivity contribution in [3.05, 3.63) is 46.4 Å². The van der Waals surface area contributed by atoms with E-state index in [0.717, 1.165) is 7.69 Å². The van der Waals surface area contributed by atoms with E-state index in [-0.39, 0.29) is 23.0 Å².